The largest absolute Gasteiger partial charge is 0.330 e. The molecule has 0 saturated carbocycles. The van der Waals surface area contributed by atoms with Gasteiger partial charge in [-0.2, -0.15) is 4.31 Å². The van der Waals surface area contributed by atoms with E-state index in [9.17, 15) is 12.8 Å². The molecule has 19 heavy (non-hydrogen) atoms. The van der Waals surface area contributed by atoms with E-state index in [1.54, 1.807) is 6.92 Å². The normalized spacial score (nSPS) is 18.7. The van der Waals surface area contributed by atoms with Crippen LogP contribution in [0.5, 0.6) is 0 Å². The Morgan fingerprint density at radius 1 is 1.37 bits per heavy atom. The van der Waals surface area contributed by atoms with Crippen molar-refractivity contribution >= 4 is 10.0 Å². The Morgan fingerprint density at radius 2 is 2.00 bits per heavy atom. The summed E-state index contributed by atoms with van der Waals surface area (Å²) in [5.41, 5.74) is 6.05. The lowest BCUT2D eigenvalue weighted by molar-refractivity contribution is 0.278. The Morgan fingerprint density at radius 3 is 2.53 bits per heavy atom. The second-order valence-corrected chi connectivity index (χ2v) is 6.90. The number of sulfonamides is 1. The van der Waals surface area contributed by atoms with Crippen LogP contribution in [-0.4, -0.2) is 32.4 Å². The van der Waals surface area contributed by atoms with Crippen molar-refractivity contribution in [3.8, 4) is 0 Å². The Balaban J connectivity index is 2.23. The van der Waals surface area contributed by atoms with Crippen molar-refractivity contribution < 1.29 is 12.8 Å². The number of rotatable bonds is 3. The van der Waals surface area contributed by atoms with Gasteiger partial charge in [-0.05, 0) is 56.0 Å². The maximum atomic E-state index is 13.1. The zero-order chi connectivity index (χ0) is 14.0. The van der Waals surface area contributed by atoms with Crippen LogP contribution in [0.2, 0.25) is 0 Å². The summed E-state index contributed by atoms with van der Waals surface area (Å²) >= 11 is 0. The van der Waals surface area contributed by atoms with Gasteiger partial charge in [0.2, 0.25) is 10.0 Å². The molecule has 0 amide bonds. The van der Waals surface area contributed by atoms with Gasteiger partial charge in [0.15, 0.2) is 0 Å². The molecule has 2 rings (SSSR count). The van der Waals surface area contributed by atoms with Gasteiger partial charge in [-0.3, -0.25) is 0 Å². The second-order valence-electron chi connectivity index (χ2n) is 4.99. The maximum absolute atomic E-state index is 13.1. The molecule has 0 aromatic heterocycles. The first kappa shape index (κ1) is 14.4. The summed E-state index contributed by atoms with van der Waals surface area (Å²) in [6.45, 7) is 3.19. The molecule has 0 atom stereocenters. The molecular formula is C13H19FN2O2S. The van der Waals surface area contributed by atoms with E-state index in [-0.39, 0.29) is 4.90 Å². The van der Waals surface area contributed by atoms with E-state index in [2.05, 4.69) is 0 Å². The van der Waals surface area contributed by atoms with Crippen LogP contribution in [0, 0.1) is 18.7 Å². The fourth-order valence-electron chi connectivity index (χ4n) is 2.43. The summed E-state index contributed by atoms with van der Waals surface area (Å²) < 4.78 is 39.5. The summed E-state index contributed by atoms with van der Waals surface area (Å²) in [7, 11) is -3.52. The zero-order valence-electron chi connectivity index (χ0n) is 11.0. The standard InChI is InChI=1S/C13H19FN2O2S/c1-10-8-12(14)2-3-13(10)19(17,18)16-6-4-11(9-15)5-7-16/h2-3,8,11H,4-7,9,15H2,1H3. The van der Waals surface area contributed by atoms with E-state index in [4.69, 9.17) is 5.73 Å². The first-order chi connectivity index (χ1) is 8.95. The molecule has 0 aliphatic carbocycles. The van der Waals surface area contributed by atoms with Crippen LogP contribution >= 0.6 is 0 Å². The summed E-state index contributed by atoms with van der Waals surface area (Å²) in [6.07, 6.45) is 1.58. The minimum atomic E-state index is -3.52. The summed E-state index contributed by atoms with van der Waals surface area (Å²) in [4.78, 5) is 0.195. The van der Waals surface area contributed by atoms with Gasteiger partial charge < -0.3 is 5.73 Å². The van der Waals surface area contributed by atoms with E-state index in [1.807, 2.05) is 0 Å². The molecule has 1 aliphatic rings. The van der Waals surface area contributed by atoms with E-state index in [0.717, 1.165) is 12.8 Å². The molecule has 1 aliphatic heterocycles. The number of hydrogen-bond acceptors (Lipinski definition) is 3. The molecule has 6 heteroatoms. The fraction of sp³-hybridized carbons (Fsp3) is 0.538. The molecule has 4 nitrogen and oxygen atoms in total. The number of piperidine rings is 1. The van der Waals surface area contributed by atoms with Crippen molar-refractivity contribution in [2.75, 3.05) is 19.6 Å². The van der Waals surface area contributed by atoms with Crippen molar-refractivity contribution in [2.24, 2.45) is 11.7 Å². The van der Waals surface area contributed by atoms with Crippen molar-refractivity contribution in [2.45, 2.75) is 24.7 Å². The van der Waals surface area contributed by atoms with Crippen molar-refractivity contribution in [1.29, 1.82) is 0 Å². The maximum Gasteiger partial charge on any atom is 0.243 e. The minimum absolute atomic E-state index is 0.195. The quantitative estimate of drug-likeness (QED) is 0.915. The van der Waals surface area contributed by atoms with E-state index in [0.29, 0.717) is 31.1 Å². The van der Waals surface area contributed by atoms with Gasteiger partial charge >= 0.3 is 0 Å². The van der Waals surface area contributed by atoms with E-state index >= 15 is 0 Å². The smallest absolute Gasteiger partial charge is 0.243 e. The minimum Gasteiger partial charge on any atom is -0.330 e. The third-order valence-electron chi connectivity index (χ3n) is 3.66. The highest BCUT2D eigenvalue weighted by atomic mass is 32.2. The lowest BCUT2D eigenvalue weighted by atomic mass is 9.99. The van der Waals surface area contributed by atoms with Crippen molar-refractivity contribution in [3.05, 3.63) is 29.6 Å². The van der Waals surface area contributed by atoms with Gasteiger partial charge in [-0.1, -0.05) is 0 Å². The number of benzene rings is 1. The second kappa shape index (κ2) is 5.56. The lowest BCUT2D eigenvalue weighted by Crippen LogP contribution is -2.40. The first-order valence-electron chi connectivity index (χ1n) is 6.41. The van der Waals surface area contributed by atoms with Crippen LogP contribution in [0.15, 0.2) is 23.1 Å². The summed E-state index contributed by atoms with van der Waals surface area (Å²) in [5, 5.41) is 0. The third-order valence-corrected chi connectivity index (χ3v) is 5.72. The van der Waals surface area contributed by atoms with Gasteiger partial charge in [-0.15, -0.1) is 0 Å². The topological polar surface area (TPSA) is 63.4 Å². The van der Waals surface area contributed by atoms with Crippen LogP contribution < -0.4 is 5.73 Å². The van der Waals surface area contributed by atoms with Gasteiger partial charge in [-0.25, -0.2) is 12.8 Å². The summed E-state index contributed by atoms with van der Waals surface area (Å²) in [5.74, 6) is -0.0148. The highest BCUT2D eigenvalue weighted by Crippen LogP contribution is 2.25. The number of nitrogens with zero attached hydrogens (tertiary/aromatic N) is 1. The molecule has 0 bridgehead atoms. The monoisotopic (exact) mass is 286 g/mol. The van der Waals surface area contributed by atoms with E-state index < -0.39 is 15.8 Å². The Hall–Kier alpha value is -0.980. The molecule has 1 aromatic rings. The molecule has 2 N–H and O–H groups in total. The highest BCUT2D eigenvalue weighted by Gasteiger charge is 2.29. The predicted molar refractivity (Wildman–Crippen MR) is 71.7 cm³/mol. The zero-order valence-corrected chi connectivity index (χ0v) is 11.8. The average Bonchev–Trinajstić information content (AvgIpc) is 2.38. The van der Waals surface area contributed by atoms with E-state index in [1.165, 1.54) is 22.5 Å². The van der Waals surface area contributed by atoms with Gasteiger partial charge in [0.05, 0.1) is 4.90 Å². The van der Waals surface area contributed by atoms with Gasteiger partial charge in [0.1, 0.15) is 5.82 Å². The van der Waals surface area contributed by atoms with Gasteiger partial charge in [0.25, 0.3) is 0 Å². The average molecular weight is 286 g/mol. The predicted octanol–water partition coefficient (Wildman–Crippen LogP) is 1.49. The number of hydrogen-bond donors (Lipinski definition) is 1. The number of aryl methyl sites for hydroxylation is 1. The Kier molecular flexibility index (Phi) is 4.23. The Bertz CT molecular complexity index is 552. The number of nitrogens with two attached hydrogens (primary N) is 1. The van der Waals surface area contributed by atoms with Crippen LogP contribution in [0.3, 0.4) is 0 Å². The molecular weight excluding hydrogens is 267 g/mol. The number of halogens is 1. The molecule has 0 radical (unpaired) electrons. The van der Waals surface area contributed by atoms with Crippen molar-refractivity contribution in [3.63, 3.8) is 0 Å². The van der Waals surface area contributed by atoms with Crippen LogP contribution in [-0.2, 0) is 10.0 Å². The van der Waals surface area contributed by atoms with Crippen molar-refractivity contribution in [1.82, 2.24) is 4.31 Å². The first-order valence-corrected chi connectivity index (χ1v) is 7.85. The third kappa shape index (κ3) is 2.96. The molecule has 1 heterocycles. The van der Waals surface area contributed by atoms with Crippen LogP contribution in [0.25, 0.3) is 0 Å². The molecule has 1 aromatic carbocycles. The molecule has 1 saturated heterocycles. The highest BCUT2D eigenvalue weighted by molar-refractivity contribution is 7.89. The van der Waals surface area contributed by atoms with Crippen LogP contribution in [0.4, 0.5) is 4.39 Å². The Labute approximate surface area is 113 Å². The molecule has 0 unspecified atom stereocenters. The fourth-order valence-corrected chi connectivity index (χ4v) is 4.10. The van der Waals surface area contributed by atoms with Gasteiger partial charge in [0, 0.05) is 13.1 Å². The molecule has 0 spiro atoms. The van der Waals surface area contributed by atoms with Crippen LogP contribution in [0.1, 0.15) is 18.4 Å². The summed E-state index contributed by atoms with van der Waals surface area (Å²) in [6, 6.07) is 3.78. The SMILES string of the molecule is Cc1cc(F)ccc1S(=O)(=O)N1CCC(CN)CC1. The molecule has 106 valence electrons. The lowest BCUT2D eigenvalue weighted by Gasteiger charge is -2.30. The molecule has 1 fully saturated rings.